The Bertz CT molecular complexity index is 559. The summed E-state index contributed by atoms with van der Waals surface area (Å²) in [5.41, 5.74) is 0.382. The van der Waals surface area contributed by atoms with E-state index >= 15 is 0 Å². The smallest absolute Gasteiger partial charge is 0.305 e. The molecule has 1 aliphatic heterocycles. The van der Waals surface area contributed by atoms with E-state index in [-0.39, 0.29) is 23.2 Å². The minimum Gasteiger partial charge on any atom is -0.383 e. The van der Waals surface area contributed by atoms with Crippen molar-refractivity contribution in [2.45, 2.75) is 32.7 Å². The van der Waals surface area contributed by atoms with Crippen molar-refractivity contribution in [2.24, 2.45) is 5.92 Å². The van der Waals surface area contributed by atoms with Gasteiger partial charge in [-0.3, -0.25) is 14.9 Å². The van der Waals surface area contributed by atoms with E-state index in [1.807, 2.05) is 6.92 Å². The number of nitrogens with one attached hydrogen (secondary N) is 1. The molecule has 0 spiro atoms. The highest BCUT2D eigenvalue weighted by atomic mass is 16.6. The predicted molar refractivity (Wildman–Crippen MR) is 81.5 cm³/mol. The zero-order valence-corrected chi connectivity index (χ0v) is 12.6. The van der Waals surface area contributed by atoms with Crippen LogP contribution in [0.1, 0.15) is 37.0 Å². The number of amides is 1. The second-order valence-electron chi connectivity index (χ2n) is 5.69. The van der Waals surface area contributed by atoms with Gasteiger partial charge in [0.05, 0.1) is 4.92 Å². The van der Waals surface area contributed by atoms with Gasteiger partial charge in [-0.2, -0.15) is 0 Å². The molecule has 0 bridgehead atoms. The highest BCUT2D eigenvalue weighted by molar-refractivity contribution is 6.00. The third-order valence-electron chi connectivity index (χ3n) is 4.12. The Morgan fingerprint density at radius 2 is 2.14 bits per heavy atom. The number of benzene rings is 1. The van der Waals surface area contributed by atoms with Gasteiger partial charge >= 0.3 is 5.69 Å². The summed E-state index contributed by atoms with van der Waals surface area (Å²) in [5, 5.41) is 14.1. The lowest BCUT2D eigenvalue weighted by Crippen LogP contribution is -2.44. The first kappa shape index (κ1) is 15.3. The largest absolute Gasteiger partial charge is 0.383 e. The lowest BCUT2D eigenvalue weighted by Gasteiger charge is -2.36. The monoisotopic (exact) mass is 291 g/mol. The second kappa shape index (κ2) is 6.11. The molecule has 1 heterocycles. The molecule has 2 rings (SSSR count). The maximum absolute atomic E-state index is 12.7. The fraction of sp³-hybridized carbons (Fsp3) is 0.533. The number of anilines is 1. The van der Waals surface area contributed by atoms with E-state index in [0.29, 0.717) is 18.2 Å². The lowest BCUT2D eigenvalue weighted by atomic mass is 9.92. The molecule has 2 atom stereocenters. The van der Waals surface area contributed by atoms with Crippen LogP contribution in [-0.2, 0) is 0 Å². The van der Waals surface area contributed by atoms with Crippen molar-refractivity contribution in [2.75, 3.05) is 18.9 Å². The van der Waals surface area contributed by atoms with Crippen molar-refractivity contribution in [3.63, 3.8) is 0 Å². The standard InChI is InChI=1S/C15H21N3O3/c1-10-7-8-17(11(2)9-10)15(19)12-5-4-6-13(16-3)14(12)18(20)21/h4-6,10-11,16H,7-9H2,1-3H3. The zero-order valence-electron chi connectivity index (χ0n) is 12.6. The molecular formula is C15H21N3O3. The van der Waals surface area contributed by atoms with Gasteiger partial charge in [0.1, 0.15) is 11.3 Å². The molecule has 1 aliphatic rings. The number of rotatable bonds is 3. The number of piperidine rings is 1. The number of likely N-dealkylation sites (tertiary alicyclic amines) is 1. The Balaban J connectivity index is 2.37. The predicted octanol–water partition coefficient (Wildman–Crippen LogP) is 2.90. The van der Waals surface area contributed by atoms with Crippen LogP contribution in [-0.4, -0.2) is 35.4 Å². The van der Waals surface area contributed by atoms with Crippen LogP contribution in [0.5, 0.6) is 0 Å². The van der Waals surface area contributed by atoms with Crippen LogP contribution in [0.25, 0.3) is 0 Å². The van der Waals surface area contributed by atoms with E-state index in [9.17, 15) is 14.9 Å². The number of carbonyl (C=O) groups is 1. The van der Waals surface area contributed by atoms with Gasteiger partial charge in [0, 0.05) is 19.6 Å². The molecule has 1 fully saturated rings. The Labute approximate surface area is 124 Å². The minimum absolute atomic E-state index is 0.110. The summed E-state index contributed by atoms with van der Waals surface area (Å²) in [6.45, 7) is 4.83. The highest BCUT2D eigenvalue weighted by Crippen LogP contribution is 2.31. The minimum atomic E-state index is -0.490. The third kappa shape index (κ3) is 2.99. The molecular weight excluding hydrogens is 270 g/mol. The lowest BCUT2D eigenvalue weighted by molar-refractivity contribution is -0.384. The van der Waals surface area contributed by atoms with Crippen molar-refractivity contribution >= 4 is 17.3 Å². The SMILES string of the molecule is CNc1cccc(C(=O)N2CCC(C)CC2C)c1[N+](=O)[O-]. The van der Waals surface area contributed by atoms with Gasteiger partial charge in [0.15, 0.2) is 0 Å². The fourth-order valence-corrected chi connectivity index (χ4v) is 2.98. The number of nitrogens with zero attached hydrogens (tertiary/aromatic N) is 2. The Morgan fingerprint density at radius 1 is 1.43 bits per heavy atom. The quantitative estimate of drug-likeness (QED) is 0.686. The maximum Gasteiger partial charge on any atom is 0.305 e. The van der Waals surface area contributed by atoms with E-state index in [0.717, 1.165) is 12.8 Å². The van der Waals surface area contributed by atoms with Crippen molar-refractivity contribution in [3.05, 3.63) is 33.9 Å². The number of hydrogen-bond acceptors (Lipinski definition) is 4. The molecule has 6 heteroatoms. The number of nitro groups is 1. The average molecular weight is 291 g/mol. The van der Waals surface area contributed by atoms with E-state index in [1.54, 1.807) is 24.1 Å². The molecule has 2 unspecified atom stereocenters. The van der Waals surface area contributed by atoms with Crippen LogP contribution in [0.2, 0.25) is 0 Å². The topological polar surface area (TPSA) is 75.5 Å². The van der Waals surface area contributed by atoms with Gasteiger partial charge < -0.3 is 10.2 Å². The van der Waals surface area contributed by atoms with Crippen LogP contribution >= 0.6 is 0 Å². The van der Waals surface area contributed by atoms with Crippen LogP contribution in [0.15, 0.2) is 18.2 Å². The molecule has 6 nitrogen and oxygen atoms in total. The molecule has 1 saturated heterocycles. The normalized spacial score (nSPS) is 22.0. The van der Waals surface area contributed by atoms with E-state index in [4.69, 9.17) is 0 Å². The molecule has 1 aromatic carbocycles. The third-order valence-corrected chi connectivity index (χ3v) is 4.12. The Hall–Kier alpha value is -2.11. The van der Waals surface area contributed by atoms with Crippen molar-refractivity contribution in [1.29, 1.82) is 0 Å². The van der Waals surface area contributed by atoms with E-state index in [2.05, 4.69) is 12.2 Å². The summed E-state index contributed by atoms with van der Waals surface area (Å²) in [4.78, 5) is 25.3. The average Bonchev–Trinajstić information content (AvgIpc) is 2.45. The summed E-state index contributed by atoms with van der Waals surface area (Å²) >= 11 is 0. The van der Waals surface area contributed by atoms with Gasteiger partial charge in [-0.1, -0.05) is 13.0 Å². The first-order valence-electron chi connectivity index (χ1n) is 7.21. The Morgan fingerprint density at radius 3 is 2.71 bits per heavy atom. The van der Waals surface area contributed by atoms with Crippen molar-refractivity contribution < 1.29 is 9.72 Å². The summed E-state index contributed by atoms with van der Waals surface area (Å²) in [7, 11) is 1.61. The molecule has 0 aromatic heterocycles. The number of carbonyl (C=O) groups excluding carboxylic acids is 1. The van der Waals surface area contributed by atoms with Gasteiger partial charge in [-0.05, 0) is 37.8 Å². The van der Waals surface area contributed by atoms with Gasteiger partial charge in [-0.25, -0.2) is 0 Å². The van der Waals surface area contributed by atoms with Gasteiger partial charge in [0.25, 0.3) is 5.91 Å². The molecule has 0 aliphatic carbocycles. The summed E-state index contributed by atoms with van der Waals surface area (Å²) < 4.78 is 0. The Kier molecular flexibility index (Phi) is 4.45. The molecule has 1 amide bonds. The molecule has 1 N–H and O–H groups in total. The fourth-order valence-electron chi connectivity index (χ4n) is 2.98. The summed E-state index contributed by atoms with van der Waals surface area (Å²) in [6, 6.07) is 4.92. The highest BCUT2D eigenvalue weighted by Gasteiger charge is 2.32. The molecule has 1 aromatic rings. The first-order chi connectivity index (χ1) is 9.95. The van der Waals surface area contributed by atoms with E-state index in [1.165, 1.54) is 6.07 Å². The van der Waals surface area contributed by atoms with Crippen molar-refractivity contribution in [3.8, 4) is 0 Å². The zero-order chi connectivity index (χ0) is 15.6. The molecule has 21 heavy (non-hydrogen) atoms. The van der Waals surface area contributed by atoms with E-state index < -0.39 is 4.92 Å². The number of nitro benzene ring substituents is 1. The van der Waals surface area contributed by atoms with Crippen LogP contribution < -0.4 is 5.32 Å². The van der Waals surface area contributed by atoms with Crippen LogP contribution in [0, 0.1) is 16.0 Å². The van der Waals surface area contributed by atoms with Crippen molar-refractivity contribution in [1.82, 2.24) is 4.90 Å². The van der Waals surface area contributed by atoms with Crippen LogP contribution in [0.3, 0.4) is 0 Å². The number of hydrogen-bond donors (Lipinski definition) is 1. The van der Waals surface area contributed by atoms with Gasteiger partial charge in [0.2, 0.25) is 0 Å². The summed E-state index contributed by atoms with van der Waals surface area (Å²) in [6.07, 6.45) is 1.88. The molecule has 0 saturated carbocycles. The summed E-state index contributed by atoms with van der Waals surface area (Å²) in [5.74, 6) is 0.334. The number of para-hydroxylation sites is 1. The van der Waals surface area contributed by atoms with Crippen LogP contribution in [0.4, 0.5) is 11.4 Å². The second-order valence-corrected chi connectivity index (χ2v) is 5.69. The maximum atomic E-state index is 12.7. The first-order valence-corrected chi connectivity index (χ1v) is 7.21. The molecule has 0 radical (unpaired) electrons. The van der Waals surface area contributed by atoms with Gasteiger partial charge in [-0.15, -0.1) is 0 Å². The molecule has 114 valence electrons.